The molecule has 12 heteroatoms. The Labute approximate surface area is 454 Å². The van der Waals surface area contributed by atoms with Crippen molar-refractivity contribution in [3.8, 4) is 0 Å². The van der Waals surface area contributed by atoms with Crippen LogP contribution >= 0.6 is 7.82 Å². The summed E-state index contributed by atoms with van der Waals surface area (Å²) in [4.78, 5) is 48.6. The van der Waals surface area contributed by atoms with E-state index in [4.69, 9.17) is 23.3 Å². The summed E-state index contributed by atoms with van der Waals surface area (Å²) in [5, 5.41) is 9.82. The Morgan fingerprint density at radius 1 is 0.378 bits per heavy atom. The monoisotopic (exact) mass is 1070 g/mol. The van der Waals surface area contributed by atoms with Gasteiger partial charge in [-0.05, 0) is 77.0 Å². The number of rotatable bonds is 58. The van der Waals surface area contributed by atoms with Crippen molar-refractivity contribution < 1.29 is 52.2 Å². The molecule has 3 atom stereocenters. The summed E-state index contributed by atoms with van der Waals surface area (Å²) in [5.41, 5.74) is 0. The van der Waals surface area contributed by atoms with Crippen LogP contribution < -0.4 is 0 Å². The van der Waals surface area contributed by atoms with Crippen LogP contribution in [-0.2, 0) is 42.2 Å². The summed E-state index contributed by atoms with van der Waals surface area (Å²) in [6.07, 6.45) is 59.5. The standard InChI is InChI=1S/C62H115O11P/c1-4-7-10-13-16-19-22-25-27-28-29-30-32-35-38-41-44-47-50-53-62(66)73-59(55-69-60(64)51-48-45-42-39-36-33-24-21-18-15-12-9-6-3)57-71-74(67,68)70-56-58(54-63)72-61(65)52-49-46-43-40-37-34-31-26-23-20-17-14-11-8-5-2/h17,20,25-27,31,58-59,63H,4-16,18-19,21-24,28-30,32-57H2,1-3H3,(H,67,68)/b20-17-,27-25-,31-26-. The normalized spacial score (nSPS) is 13.5. The van der Waals surface area contributed by atoms with Crippen LogP contribution in [0.15, 0.2) is 36.5 Å². The maximum absolute atomic E-state index is 12.9. The molecule has 0 heterocycles. The van der Waals surface area contributed by atoms with Gasteiger partial charge in [0, 0.05) is 19.3 Å². The van der Waals surface area contributed by atoms with Crippen LogP contribution in [0.3, 0.4) is 0 Å². The number of esters is 3. The molecule has 0 fully saturated rings. The lowest BCUT2D eigenvalue weighted by molar-refractivity contribution is -0.161. The van der Waals surface area contributed by atoms with Gasteiger partial charge in [0.2, 0.25) is 0 Å². The third-order valence-electron chi connectivity index (χ3n) is 13.5. The van der Waals surface area contributed by atoms with E-state index in [1.54, 1.807) is 0 Å². The number of hydrogen-bond acceptors (Lipinski definition) is 10. The van der Waals surface area contributed by atoms with E-state index in [1.165, 1.54) is 161 Å². The lowest BCUT2D eigenvalue weighted by Crippen LogP contribution is -2.30. The maximum Gasteiger partial charge on any atom is 0.472 e. The Bertz CT molecular complexity index is 1380. The zero-order valence-electron chi connectivity index (χ0n) is 48.1. The maximum atomic E-state index is 12.9. The highest BCUT2D eigenvalue weighted by Gasteiger charge is 2.28. The largest absolute Gasteiger partial charge is 0.472 e. The molecular weight excluding hydrogens is 952 g/mol. The highest BCUT2D eigenvalue weighted by atomic mass is 31.2. The summed E-state index contributed by atoms with van der Waals surface area (Å²) >= 11 is 0. The second-order valence-electron chi connectivity index (χ2n) is 20.9. The lowest BCUT2D eigenvalue weighted by Gasteiger charge is -2.21. The minimum atomic E-state index is -4.75. The zero-order chi connectivity index (χ0) is 54.1. The molecule has 0 aromatic heterocycles. The summed E-state index contributed by atoms with van der Waals surface area (Å²) in [6.45, 7) is 4.65. The fourth-order valence-electron chi connectivity index (χ4n) is 8.79. The van der Waals surface area contributed by atoms with Gasteiger partial charge in [-0.25, -0.2) is 4.57 Å². The first-order chi connectivity index (χ1) is 36.2. The minimum absolute atomic E-state index is 0.164. The van der Waals surface area contributed by atoms with Crippen molar-refractivity contribution in [2.75, 3.05) is 26.4 Å². The van der Waals surface area contributed by atoms with Crippen molar-refractivity contribution >= 4 is 25.7 Å². The smallest absolute Gasteiger partial charge is 0.462 e. The molecule has 0 spiro atoms. The number of phosphoric acid groups is 1. The van der Waals surface area contributed by atoms with E-state index in [9.17, 15) is 28.9 Å². The van der Waals surface area contributed by atoms with E-state index < -0.39 is 57.8 Å². The van der Waals surface area contributed by atoms with E-state index in [2.05, 4.69) is 57.2 Å². The van der Waals surface area contributed by atoms with Gasteiger partial charge in [-0.3, -0.25) is 23.4 Å². The van der Waals surface area contributed by atoms with Gasteiger partial charge in [-0.2, -0.15) is 0 Å². The quantitative estimate of drug-likeness (QED) is 0.0197. The average Bonchev–Trinajstić information content (AvgIpc) is 3.39. The van der Waals surface area contributed by atoms with Crippen molar-refractivity contribution in [3.05, 3.63) is 36.5 Å². The van der Waals surface area contributed by atoms with Crippen LogP contribution in [0, 0.1) is 0 Å². The zero-order valence-corrected chi connectivity index (χ0v) is 49.0. The molecule has 0 aromatic rings. The van der Waals surface area contributed by atoms with Gasteiger partial charge in [0.05, 0.1) is 19.8 Å². The summed E-state index contributed by atoms with van der Waals surface area (Å²) in [7, 11) is -4.75. The van der Waals surface area contributed by atoms with Crippen LogP contribution in [0.5, 0.6) is 0 Å². The van der Waals surface area contributed by atoms with Crippen molar-refractivity contribution in [2.24, 2.45) is 0 Å². The molecule has 0 aliphatic heterocycles. The Kier molecular flexibility index (Phi) is 55.1. The molecule has 0 amide bonds. The molecule has 2 N–H and O–H groups in total. The average molecular weight is 1070 g/mol. The molecular formula is C62H115O11P. The van der Waals surface area contributed by atoms with Gasteiger partial charge in [-0.15, -0.1) is 0 Å². The molecule has 434 valence electrons. The highest BCUT2D eigenvalue weighted by Crippen LogP contribution is 2.43. The van der Waals surface area contributed by atoms with Gasteiger partial charge in [-0.1, -0.05) is 243 Å². The third-order valence-corrected chi connectivity index (χ3v) is 14.5. The minimum Gasteiger partial charge on any atom is -0.462 e. The predicted molar refractivity (Wildman–Crippen MR) is 307 cm³/mol. The van der Waals surface area contributed by atoms with Crippen molar-refractivity contribution in [3.63, 3.8) is 0 Å². The molecule has 0 saturated carbocycles. The first-order valence-electron chi connectivity index (χ1n) is 30.9. The third kappa shape index (κ3) is 54.5. The molecule has 0 saturated heterocycles. The van der Waals surface area contributed by atoms with E-state index in [-0.39, 0.29) is 25.9 Å². The number of aliphatic hydroxyl groups excluding tert-OH is 1. The van der Waals surface area contributed by atoms with Crippen LogP contribution in [0.1, 0.15) is 303 Å². The summed E-state index contributed by atoms with van der Waals surface area (Å²) in [5.74, 6) is -1.46. The number of ether oxygens (including phenoxy) is 3. The Balaban J connectivity index is 4.67. The molecule has 0 aromatic carbocycles. The summed E-state index contributed by atoms with van der Waals surface area (Å²) < 4.78 is 39.6. The first kappa shape index (κ1) is 71.7. The van der Waals surface area contributed by atoms with E-state index in [0.29, 0.717) is 19.3 Å². The SMILES string of the molecule is CCCCC/C=C\C/C=C\CCCCCCCC(=O)OC(CO)COP(=O)(O)OCC(COC(=O)CCCCCCCCCCCCCCC)OC(=O)CCCCCCCCCCC/C=C\CCCCCCCC. The Morgan fingerprint density at radius 3 is 1.04 bits per heavy atom. The Hall–Kier alpha value is -2.30. The van der Waals surface area contributed by atoms with Gasteiger partial charge >= 0.3 is 25.7 Å². The lowest BCUT2D eigenvalue weighted by atomic mass is 10.0. The molecule has 3 unspecified atom stereocenters. The first-order valence-corrected chi connectivity index (χ1v) is 32.4. The molecule has 0 bridgehead atoms. The number of allylic oxidation sites excluding steroid dienone is 6. The van der Waals surface area contributed by atoms with Crippen LogP contribution in [0.25, 0.3) is 0 Å². The van der Waals surface area contributed by atoms with Gasteiger partial charge < -0.3 is 24.2 Å². The number of unbranched alkanes of at least 4 members (excludes halogenated alkanes) is 35. The summed E-state index contributed by atoms with van der Waals surface area (Å²) in [6, 6.07) is 0. The molecule has 0 radical (unpaired) electrons. The fourth-order valence-corrected chi connectivity index (χ4v) is 9.58. The van der Waals surface area contributed by atoms with Crippen LogP contribution in [0.4, 0.5) is 0 Å². The number of carbonyl (C=O) groups excluding carboxylic acids is 3. The highest BCUT2D eigenvalue weighted by molar-refractivity contribution is 7.47. The number of carbonyl (C=O) groups is 3. The van der Waals surface area contributed by atoms with E-state index in [1.807, 2.05) is 0 Å². The predicted octanol–water partition coefficient (Wildman–Crippen LogP) is 18.4. The van der Waals surface area contributed by atoms with Gasteiger partial charge in [0.15, 0.2) is 6.10 Å². The van der Waals surface area contributed by atoms with Crippen molar-refractivity contribution in [1.82, 2.24) is 0 Å². The van der Waals surface area contributed by atoms with Crippen LogP contribution in [0.2, 0.25) is 0 Å². The number of phosphoric ester groups is 1. The second kappa shape index (κ2) is 56.9. The van der Waals surface area contributed by atoms with Crippen molar-refractivity contribution in [2.45, 2.75) is 315 Å². The molecule has 0 aliphatic rings. The number of aliphatic hydroxyl groups is 1. The van der Waals surface area contributed by atoms with E-state index in [0.717, 1.165) is 83.5 Å². The van der Waals surface area contributed by atoms with Crippen LogP contribution in [-0.4, -0.2) is 66.5 Å². The second-order valence-corrected chi connectivity index (χ2v) is 22.3. The Morgan fingerprint density at radius 2 is 0.662 bits per heavy atom. The van der Waals surface area contributed by atoms with Crippen molar-refractivity contribution in [1.29, 1.82) is 0 Å². The van der Waals surface area contributed by atoms with Gasteiger partial charge in [0.1, 0.15) is 12.7 Å². The molecule has 0 aliphatic carbocycles. The molecule has 74 heavy (non-hydrogen) atoms. The molecule has 0 rings (SSSR count). The van der Waals surface area contributed by atoms with E-state index >= 15 is 0 Å². The number of hydrogen-bond donors (Lipinski definition) is 2. The fraction of sp³-hybridized carbons (Fsp3) is 0.855. The van der Waals surface area contributed by atoms with Gasteiger partial charge in [0.25, 0.3) is 0 Å². The topological polar surface area (TPSA) is 155 Å². The molecule has 11 nitrogen and oxygen atoms in total.